The van der Waals surface area contributed by atoms with E-state index in [4.69, 9.17) is 25.5 Å². The number of nitrogens with zero attached hydrogens (tertiary/aromatic N) is 1. The largest absolute Gasteiger partial charge is 0.497 e. The van der Waals surface area contributed by atoms with E-state index in [1.807, 2.05) is 11.6 Å². The Kier molecular flexibility index (Phi) is 4.30. The van der Waals surface area contributed by atoms with Crippen LogP contribution in [0.15, 0.2) is 47.2 Å². The fourth-order valence-electron chi connectivity index (χ4n) is 4.04. The zero-order valence-electron chi connectivity index (χ0n) is 16.9. The number of nitrogens with one attached hydrogen (secondary N) is 1. The van der Waals surface area contributed by atoms with Crippen LogP contribution >= 0.6 is 11.6 Å². The number of benzene rings is 2. The third kappa shape index (κ3) is 2.81. The summed E-state index contributed by atoms with van der Waals surface area (Å²) in [7, 11) is 4.94. The lowest BCUT2D eigenvalue weighted by atomic mass is 9.95. The maximum absolute atomic E-state index is 12.9. The van der Waals surface area contributed by atoms with E-state index in [1.165, 1.54) is 13.4 Å². The van der Waals surface area contributed by atoms with Gasteiger partial charge in [-0.25, -0.2) is 0 Å². The molecule has 0 fully saturated rings. The summed E-state index contributed by atoms with van der Waals surface area (Å²) in [6.45, 7) is 0. The molecule has 0 saturated heterocycles. The number of ether oxygens (including phenoxy) is 2. The van der Waals surface area contributed by atoms with E-state index < -0.39 is 11.8 Å². The van der Waals surface area contributed by atoms with E-state index in [2.05, 4.69) is 5.32 Å². The van der Waals surface area contributed by atoms with Gasteiger partial charge in [0.1, 0.15) is 17.1 Å². The Bertz CT molecular complexity index is 1440. The van der Waals surface area contributed by atoms with Crippen molar-refractivity contribution in [1.82, 2.24) is 9.88 Å². The van der Waals surface area contributed by atoms with Gasteiger partial charge in [-0.2, -0.15) is 0 Å². The molecule has 1 N–H and O–H groups in total. The van der Waals surface area contributed by atoms with Gasteiger partial charge in [-0.1, -0.05) is 11.6 Å². The highest BCUT2D eigenvalue weighted by Gasteiger charge is 2.35. The minimum atomic E-state index is -0.476. The summed E-state index contributed by atoms with van der Waals surface area (Å²) in [5.74, 6) is 0.169. The van der Waals surface area contributed by atoms with Crippen molar-refractivity contribution in [3.05, 3.63) is 58.9 Å². The predicted octanol–water partition coefficient (Wildman–Crippen LogP) is 4.16. The highest BCUT2D eigenvalue weighted by Crippen LogP contribution is 2.41. The molecular weight excluding hydrogens is 420 g/mol. The SMILES string of the molecule is COc1ccc2c(C3=C(c4cn(C)c5cc(Cl)c(OC)cc45)C(=O)NC3=O)coc2c1. The Labute approximate surface area is 181 Å². The molecule has 3 heterocycles. The first-order valence-electron chi connectivity index (χ1n) is 9.41. The van der Waals surface area contributed by atoms with E-state index in [0.29, 0.717) is 38.6 Å². The highest BCUT2D eigenvalue weighted by molar-refractivity contribution is 6.50. The Morgan fingerprint density at radius 1 is 0.968 bits per heavy atom. The van der Waals surface area contributed by atoms with Gasteiger partial charge in [0.15, 0.2) is 0 Å². The summed E-state index contributed by atoms with van der Waals surface area (Å²) in [5, 5.41) is 4.33. The molecule has 0 radical (unpaired) electrons. The maximum atomic E-state index is 12.9. The number of aromatic nitrogens is 1. The van der Waals surface area contributed by atoms with Crippen molar-refractivity contribution in [2.45, 2.75) is 0 Å². The number of imide groups is 1. The molecule has 1 aliphatic rings. The van der Waals surface area contributed by atoms with Gasteiger partial charge in [-0.3, -0.25) is 14.9 Å². The van der Waals surface area contributed by atoms with Gasteiger partial charge in [0.05, 0.1) is 42.2 Å². The summed E-state index contributed by atoms with van der Waals surface area (Å²) >= 11 is 6.29. The Balaban J connectivity index is 1.81. The Morgan fingerprint density at radius 3 is 2.42 bits per heavy atom. The average Bonchev–Trinajstić information content (AvgIpc) is 3.39. The predicted molar refractivity (Wildman–Crippen MR) is 117 cm³/mol. The molecule has 156 valence electrons. The molecule has 2 aromatic heterocycles. The van der Waals surface area contributed by atoms with Crippen LogP contribution in [0.3, 0.4) is 0 Å². The van der Waals surface area contributed by atoms with Crippen LogP contribution in [0.2, 0.25) is 5.02 Å². The van der Waals surface area contributed by atoms with E-state index in [0.717, 1.165) is 10.9 Å². The van der Waals surface area contributed by atoms with E-state index in [1.54, 1.807) is 43.6 Å². The van der Waals surface area contributed by atoms with Crippen molar-refractivity contribution in [2.24, 2.45) is 7.05 Å². The molecule has 2 aromatic carbocycles. The quantitative estimate of drug-likeness (QED) is 0.486. The minimum absolute atomic E-state index is 0.260. The number of hydrogen-bond acceptors (Lipinski definition) is 5. The van der Waals surface area contributed by atoms with Crippen LogP contribution in [0.4, 0.5) is 0 Å². The van der Waals surface area contributed by atoms with Crippen molar-refractivity contribution in [3.63, 3.8) is 0 Å². The lowest BCUT2D eigenvalue weighted by molar-refractivity contribution is -0.122. The number of halogens is 1. The molecule has 0 atom stereocenters. The Hall–Kier alpha value is -3.71. The normalized spacial score (nSPS) is 14.1. The fraction of sp³-hybridized carbons (Fsp3) is 0.130. The lowest BCUT2D eigenvalue weighted by Crippen LogP contribution is -2.22. The topological polar surface area (TPSA) is 82.7 Å². The minimum Gasteiger partial charge on any atom is -0.497 e. The standard InChI is InChI=1S/C23H17ClN2O5/c1-26-9-14(13-7-19(30-3)16(24)8-17(13)26)20-21(23(28)25-22(20)27)15-10-31-18-6-11(29-2)4-5-12(15)18/h4-10H,1-3H3,(H,25,27,28). The molecule has 0 bridgehead atoms. The smallest absolute Gasteiger partial charge is 0.259 e. The van der Waals surface area contributed by atoms with Crippen molar-refractivity contribution < 1.29 is 23.5 Å². The van der Waals surface area contributed by atoms with Crippen molar-refractivity contribution in [1.29, 1.82) is 0 Å². The summed E-state index contributed by atoms with van der Waals surface area (Å²) in [4.78, 5) is 25.7. The first kappa shape index (κ1) is 19.3. The molecule has 1 aliphatic heterocycles. The molecule has 7 nitrogen and oxygen atoms in total. The van der Waals surface area contributed by atoms with Gasteiger partial charge >= 0.3 is 0 Å². The van der Waals surface area contributed by atoms with Crippen LogP contribution in [0.1, 0.15) is 11.1 Å². The first-order chi connectivity index (χ1) is 14.9. The number of methoxy groups -OCH3 is 2. The number of amides is 2. The van der Waals surface area contributed by atoms with E-state index in [-0.39, 0.29) is 11.1 Å². The lowest BCUT2D eigenvalue weighted by Gasteiger charge is -2.06. The monoisotopic (exact) mass is 436 g/mol. The number of furan rings is 1. The fourth-order valence-corrected chi connectivity index (χ4v) is 4.27. The molecule has 0 spiro atoms. The molecule has 8 heteroatoms. The molecule has 2 amide bonds. The Morgan fingerprint density at radius 2 is 1.71 bits per heavy atom. The first-order valence-corrected chi connectivity index (χ1v) is 9.79. The van der Waals surface area contributed by atoms with Crippen molar-refractivity contribution >= 4 is 56.4 Å². The number of fused-ring (bicyclic) bond motifs is 2. The van der Waals surface area contributed by atoms with Crippen LogP contribution in [0.25, 0.3) is 33.0 Å². The molecule has 0 aliphatic carbocycles. The van der Waals surface area contributed by atoms with Gasteiger partial charge < -0.3 is 18.5 Å². The molecular formula is C23H17ClN2O5. The number of aryl methyl sites for hydroxylation is 1. The number of hydrogen-bond donors (Lipinski definition) is 1. The molecule has 31 heavy (non-hydrogen) atoms. The van der Waals surface area contributed by atoms with E-state index >= 15 is 0 Å². The average molecular weight is 437 g/mol. The zero-order valence-corrected chi connectivity index (χ0v) is 17.7. The third-order valence-electron chi connectivity index (χ3n) is 5.52. The molecule has 0 saturated carbocycles. The van der Waals surface area contributed by atoms with Crippen LogP contribution in [-0.4, -0.2) is 30.6 Å². The zero-order chi connectivity index (χ0) is 21.9. The second-order valence-corrected chi connectivity index (χ2v) is 7.61. The maximum Gasteiger partial charge on any atom is 0.259 e. The molecule has 0 unspecified atom stereocenters. The van der Waals surface area contributed by atoms with Crippen LogP contribution in [-0.2, 0) is 16.6 Å². The molecule has 5 rings (SSSR count). The van der Waals surface area contributed by atoms with E-state index in [9.17, 15) is 9.59 Å². The highest BCUT2D eigenvalue weighted by atomic mass is 35.5. The van der Waals surface area contributed by atoms with Gasteiger partial charge in [0.25, 0.3) is 11.8 Å². The summed E-state index contributed by atoms with van der Waals surface area (Å²) < 4.78 is 18.1. The van der Waals surface area contributed by atoms with Crippen molar-refractivity contribution in [3.8, 4) is 11.5 Å². The van der Waals surface area contributed by atoms with Gasteiger partial charge in [-0.05, 0) is 24.3 Å². The van der Waals surface area contributed by atoms with Crippen LogP contribution in [0, 0.1) is 0 Å². The summed E-state index contributed by atoms with van der Waals surface area (Å²) in [5.41, 5.74) is 3.04. The summed E-state index contributed by atoms with van der Waals surface area (Å²) in [6, 6.07) is 8.86. The summed E-state index contributed by atoms with van der Waals surface area (Å²) in [6.07, 6.45) is 3.29. The number of carbonyl (C=O) groups is 2. The van der Waals surface area contributed by atoms with Crippen LogP contribution in [0.5, 0.6) is 11.5 Å². The molecule has 4 aromatic rings. The number of rotatable bonds is 4. The van der Waals surface area contributed by atoms with Crippen LogP contribution < -0.4 is 14.8 Å². The third-order valence-corrected chi connectivity index (χ3v) is 5.81. The second-order valence-electron chi connectivity index (χ2n) is 7.20. The van der Waals surface area contributed by atoms with Crippen molar-refractivity contribution in [2.75, 3.05) is 14.2 Å². The van der Waals surface area contributed by atoms with Gasteiger partial charge in [0.2, 0.25) is 0 Å². The van der Waals surface area contributed by atoms with Gasteiger partial charge in [0, 0.05) is 41.2 Å². The number of carbonyl (C=O) groups excluding carboxylic acids is 2. The second kappa shape index (κ2) is 6.92. The van der Waals surface area contributed by atoms with Gasteiger partial charge in [-0.15, -0.1) is 0 Å².